The number of thiophene rings is 1. The van der Waals surface area contributed by atoms with E-state index in [1.54, 1.807) is 23.1 Å². The monoisotopic (exact) mass is 361 g/mol. The first-order valence-electron chi connectivity index (χ1n) is 8.33. The quantitative estimate of drug-likeness (QED) is 0.717. The molecule has 0 aliphatic carbocycles. The van der Waals surface area contributed by atoms with Gasteiger partial charge in [0.1, 0.15) is 0 Å². The zero-order valence-corrected chi connectivity index (χ0v) is 15.6. The van der Waals surface area contributed by atoms with Crippen molar-refractivity contribution in [1.29, 1.82) is 0 Å². The van der Waals surface area contributed by atoms with Gasteiger partial charge in [-0.1, -0.05) is 18.2 Å². The maximum atomic E-state index is 13.3. The van der Waals surface area contributed by atoms with E-state index in [1.807, 2.05) is 30.5 Å². The Bertz CT molecular complexity index is 651. The first kappa shape index (κ1) is 17.5. The van der Waals surface area contributed by atoms with E-state index in [1.165, 1.54) is 4.88 Å². The maximum absolute atomic E-state index is 13.3. The summed E-state index contributed by atoms with van der Waals surface area (Å²) in [6.45, 7) is 2.27. The Morgan fingerprint density at radius 2 is 2.04 bits per heavy atom. The SMILES string of the molecule is CSc1ccccc1C(=O)N(CCc1cccs1)C1CCOCC1. The fourth-order valence-corrected chi connectivity index (χ4v) is 4.40. The number of hydrogen-bond acceptors (Lipinski definition) is 4. The molecule has 0 spiro atoms. The second kappa shape index (κ2) is 8.70. The molecule has 3 rings (SSSR count). The average Bonchev–Trinajstić information content (AvgIpc) is 3.16. The highest BCUT2D eigenvalue weighted by Crippen LogP contribution is 2.25. The van der Waals surface area contributed by atoms with Crippen LogP contribution in [0.4, 0.5) is 0 Å². The van der Waals surface area contributed by atoms with Crippen molar-refractivity contribution in [3.63, 3.8) is 0 Å². The van der Waals surface area contributed by atoms with E-state index in [2.05, 4.69) is 22.4 Å². The van der Waals surface area contributed by atoms with Gasteiger partial charge in [0.2, 0.25) is 0 Å². The Morgan fingerprint density at radius 1 is 1.25 bits per heavy atom. The van der Waals surface area contributed by atoms with Crippen LogP contribution in [-0.4, -0.2) is 42.9 Å². The molecule has 24 heavy (non-hydrogen) atoms. The van der Waals surface area contributed by atoms with Gasteiger partial charge in [-0.3, -0.25) is 4.79 Å². The van der Waals surface area contributed by atoms with Gasteiger partial charge in [-0.25, -0.2) is 0 Å². The Kier molecular flexibility index (Phi) is 6.35. The second-order valence-corrected chi connectivity index (χ2v) is 7.75. The average molecular weight is 362 g/mol. The number of benzene rings is 1. The molecule has 2 aromatic rings. The molecule has 5 heteroatoms. The molecule has 3 nitrogen and oxygen atoms in total. The number of carbonyl (C=O) groups is 1. The van der Waals surface area contributed by atoms with Gasteiger partial charge in [-0.15, -0.1) is 23.1 Å². The summed E-state index contributed by atoms with van der Waals surface area (Å²) in [6, 6.07) is 12.4. The van der Waals surface area contributed by atoms with Crippen LogP contribution in [0.5, 0.6) is 0 Å². The van der Waals surface area contributed by atoms with Crippen LogP contribution < -0.4 is 0 Å². The highest BCUT2D eigenvalue weighted by molar-refractivity contribution is 7.98. The molecule has 1 aliphatic heterocycles. The van der Waals surface area contributed by atoms with Crippen LogP contribution in [0.1, 0.15) is 28.1 Å². The molecular formula is C19H23NO2S2. The van der Waals surface area contributed by atoms with Gasteiger partial charge >= 0.3 is 0 Å². The van der Waals surface area contributed by atoms with Gasteiger partial charge in [0, 0.05) is 35.6 Å². The van der Waals surface area contributed by atoms with Crippen molar-refractivity contribution in [2.24, 2.45) is 0 Å². The molecular weight excluding hydrogens is 338 g/mol. The summed E-state index contributed by atoms with van der Waals surface area (Å²) in [6.07, 6.45) is 4.80. The predicted octanol–water partition coefficient (Wildman–Crippen LogP) is 4.33. The summed E-state index contributed by atoms with van der Waals surface area (Å²) < 4.78 is 5.49. The first-order chi connectivity index (χ1) is 11.8. The lowest BCUT2D eigenvalue weighted by Crippen LogP contribution is -2.44. The van der Waals surface area contributed by atoms with Gasteiger partial charge in [-0.05, 0) is 49.1 Å². The Morgan fingerprint density at radius 3 is 2.75 bits per heavy atom. The second-order valence-electron chi connectivity index (χ2n) is 5.87. The fraction of sp³-hybridized carbons (Fsp3) is 0.421. The van der Waals surface area contributed by atoms with Gasteiger partial charge in [0.25, 0.3) is 5.91 Å². The summed E-state index contributed by atoms with van der Waals surface area (Å²) in [7, 11) is 0. The van der Waals surface area contributed by atoms with Crippen LogP contribution in [0.2, 0.25) is 0 Å². The number of rotatable bonds is 6. The lowest BCUT2D eigenvalue weighted by Gasteiger charge is -2.34. The van der Waals surface area contributed by atoms with E-state index in [9.17, 15) is 4.79 Å². The molecule has 1 aromatic heterocycles. The molecule has 2 heterocycles. The highest BCUT2D eigenvalue weighted by Gasteiger charge is 2.27. The predicted molar refractivity (Wildman–Crippen MR) is 101 cm³/mol. The topological polar surface area (TPSA) is 29.5 Å². The van der Waals surface area contributed by atoms with Gasteiger partial charge in [0.05, 0.1) is 5.56 Å². The summed E-state index contributed by atoms with van der Waals surface area (Å²) in [5, 5.41) is 2.10. The van der Waals surface area contributed by atoms with Crippen LogP contribution in [-0.2, 0) is 11.2 Å². The van der Waals surface area contributed by atoms with E-state index in [0.717, 1.165) is 49.5 Å². The third-order valence-corrected chi connectivity index (χ3v) is 6.14. The number of amides is 1. The Hall–Kier alpha value is -1.30. The van der Waals surface area contributed by atoms with E-state index in [-0.39, 0.29) is 11.9 Å². The molecule has 1 saturated heterocycles. The molecule has 1 aromatic carbocycles. The molecule has 128 valence electrons. The van der Waals surface area contributed by atoms with Crippen LogP contribution in [0.3, 0.4) is 0 Å². The molecule has 0 radical (unpaired) electrons. The fourth-order valence-electron chi connectivity index (χ4n) is 3.11. The van der Waals surface area contributed by atoms with E-state index < -0.39 is 0 Å². The number of carbonyl (C=O) groups excluding carboxylic acids is 1. The van der Waals surface area contributed by atoms with Crippen molar-refractivity contribution in [3.05, 3.63) is 52.2 Å². The Balaban J connectivity index is 1.80. The third kappa shape index (κ3) is 4.21. The lowest BCUT2D eigenvalue weighted by molar-refractivity contribution is 0.0292. The zero-order valence-electron chi connectivity index (χ0n) is 13.9. The minimum atomic E-state index is 0.156. The summed E-state index contributed by atoms with van der Waals surface area (Å²) >= 11 is 3.39. The largest absolute Gasteiger partial charge is 0.381 e. The minimum Gasteiger partial charge on any atom is -0.381 e. The van der Waals surface area contributed by atoms with Crippen molar-refractivity contribution < 1.29 is 9.53 Å². The smallest absolute Gasteiger partial charge is 0.255 e. The molecule has 1 aliphatic rings. The molecule has 0 unspecified atom stereocenters. The third-order valence-electron chi connectivity index (χ3n) is 4.41. The maximum Gasteiger partial charge on any atom is 0.255 e. The van der Waals surface area contributed by atoms with Crippen molar-refractivity contribution in [2.45, 2.75) is 30.2 Å². The summed E-state index contributed by atoms with van der Waals surface area (Å²) in [5.74, 6) is 0.156. The van der Waals surface area contributed by atoms with Crippen LogP contribution in [0.25, 0.3) is 0 Å². The Labute approximate surface area is 152 Å². The number of nitrogens with zero attached hydrogens (tertiary/aromatic N) is 1. The highest BCUT2D eigenvalue weighted by atomic mass is 32.2. The minimum absolute atomic E-state index is 0.156. The molecule has 0 atom stereocenters. The molecule has 0 N–H and O–H groups in total. The van der Waals surface area contributed by atoms with Crippen LogP contribution in [0.15, 0.2) is 46.7 Å². The number of thioether (sulfide) groups is 1. The molecule has 0 bridgehead atoms. The van der Waals surface area contributed by atoms with E-state index in [0.29, 0.717) is 0 Å². The van der Waals surface area contributed by atoms with Crippen molar-refractivity contribution >= 4 is 29.0 Å². The number of hydrogen-bond donors (Lipinski definition) is 0. The van der Waals surface area contributed by atoms with Crippen molar-refractivity contribution in [3.8, 4) is 0 Å². The van der Waals surface area contributed by atoms with E-state index in [4.69, 9.17) is 4.74 Å². The van der Waals surface area contributed by atoms with E-state index >= 15 is 0 Å². The number of ether oxygens (including phenoxy) is 1. The molecule has 0 saturated carbocycles. The molecule has 1 fully saturated rings. The van der Waals surface area contributed by atoms with Gasteiger partial charge in [0.15, 0.2) is 0 Å². The van der Waals surface area contributed by atoms with Gasteiger partial charge < -0.3 is 9.64 Å². The molecule has 1 amide bonds. The van der Waals surface area contributed by atoms with Crippen molar-refractivity contribution in [1.82, 2.24) is 4.90 Å². The zero-order chi connectivity index (χ0) is 16.8. The summed E-state index contributed by atoms with van der Waals surface area (Å²) in [4.78, 5) is 17.7. The first-order valence-corrected chi connectivity index (χ1v) is 10.4. The van der Waals surface area contributed by atoms with Gasteiger partial charge in [-0.2, -0.15) is 0 Å². The van der Waals surface area contributed by atoms with Crippen LogP contribution >= 0.6 is 23.1 Å². The standard InChI is InChI=1S/C19H23NO2S2/c1-23-18-7-3-2-6-17(18)19(21)20(15-9-12-22-13-10-15)11-8-16-5-4-14-24-16/h2-7,14-15H,8-13H2,1H3. The van der Waals surface area contributed by atoms with Crippen molar-refractivity contribution in [2.75, 3.05) is 26.0 Å². The van der Waals surface area contributed by atoms with Crippen LogP contribution in [0, 0.1) is 0 Å². The normalized spacial score (nSPS) is 15.4. The lowest BCUT2D eigenvalue weighted by atomic mass is 10.0. The summed E-state index contributed by atoms with van der Waals surface area (Å²) in [5.41, 5.74) is 0.822.